The summed E-state index contributed by atoms with van der Waals surface area (Å²) in [7, 11) is 0. The van der Waals surface area contributed by atoms with E-state index >= 15 is 0 Å². The van der Waals surface area contributed by atoms with Crippen LogP contribution in [-0.2, 0) is 4.79 Å². The number of hydrogen-bond donors (Lipinski definition) is 2. The van der Waals surface area contributed by atoms with Crippen LogP contribution in [0.25, 0.3) is 10.7 Å². The number of H-pyrrole nitrogens is 1. The van der Waals surface area contributed by atoms with Gasteiger partial charge in [-0.1, -0.05) is 60.3 Å². The van der Waals surface area contributed by atoms with E-state index in [4.69, 9.17) is 0 Å². The van der Waals surface area contributed by atoms with E-state index in [9.17, 15) is 9.59 Å². The summed E-state index contributed by atoms with van der Waals surface area (Å²) in [6.45, 7) is 1.50. The molecule has 0 aliphatic heterocycles. The molecule has 0 saturated heterocycles. The second-order valence-electron chi connectivity index (χ2n) is 6.48. The number of rotatable bonds is 7. The number of Topliss-reactive ketones (excluding diaryl/α,β-unsaturated/α-hetero) is 1. The van der Waals surface area contributed by atoms with E-state index in [0.29, 0.717) is 22.2 Å². The van der Waals surface area contributed by atoms with Crippen LogP contribution in [0.15, 0.2) is 77.3 Å². The highest BCUT2D eigenvalue weighted by atomic mass is 32.2. The third-order valence-electron chi connectivity index (χ3n) is 4.32. The van der Waals surface area contributed by atoms with Gasteiger partial charge in [-0.2, -0.15) is 0 Å². The van der Waals surface area contributed by atoms with Gasteiger partial charge >= 0.3 is 0 Å². The molecule has 2 N–H and O–H groups in total. The van der Waals surface area contributed by atoms with Crippen LogP contribution in [-0.4, -0.2) is 26.9 Å². The average Bonchev–Trinajstić information content (AvgIpc) is 3.44. The number of thiophene rings is 1. The number of nitrogens with one attached hydrogen (secondary N) is 2. The molecule has 0 spiro atoms. The summed E-state index contributed by atoms with van der Waals surface area (Å²) in [4.78, 5) is 30.3. The van der Waals surface area contributed by atoms with Crippen molar-refractivity contribution in [3.63, 3.8) is 0 Å². The second kappa shape index (κ2) is 9.06. The Morgan fingerprint density at radius 1 is 1.07 bits per heavy atom. The molecule has 1 atom stereocenters. The average molecular weight is 435 g/mol. The number of anilines is 1. The van der Waals surface area contributed by atoms with Crippen LogP contribution in [0.4, 0.5) is 5.69 Å². The van der Waals surface area contributed by atoms with Crippen molar-refractivity contribution in [1.82, 2.24) is 15.2 Å². The number of benzene rings is 2. The van der Waals surface area contributed by atoms with Crippen LogP contribution in [0.1, 0.15) is 28.1 Å². The van der Waals surface area contributed by atoms with Crippen molar-refractivity contribution in [3.05, 3.63) is 83.2 Å². The van der Waals surface area contributed by atoms with Crippen molar-refractivity contribution >= 4 is 40.5 Å². The summed E-state index contributed by atoms with van der Waals surface area (Å²) in [5.41, 5.74) is 1.96. The molecule has 0 aliphatic carbocycles. The molecule has 2 heterocycles. The van der Waals surface area contributed by atoms with Crippen LogP contribution in [0, 0.1) is 0 Å². The van der Waals surface area contributed by atoms with Crippen molar-refractivity contribution < 1.29 is 9.59 Å². The van der Waals surface area contributed by atoms with E-state index in [1.807, 2.05) is 47.8 Å². The van der Waals surface area contributed by atoms with Gasteiger partial charge in [0, 0.05) is 11.3 Å². The Labute approximate surface area is 181 Å². The quantitative estimate of drug-likeness (QED) is 0.308. The predicted molar refractivity (Wildman–Crippen MR) is 120 cm³/mol. The van der Waals surface area contributed by atoms with Gasteiger partial charge in [-0.05, 0) is 36.1 Å². The van der Waals surface area contributed by atoms with Crippen LogP contribution >= 0.6 is 23.1 Å². The van der Waals surface area contributed by atoms with Gasteiger partial charge in [0.05, 0.1) is 4.88 Å². The van der Waals surface area contributed by atoms with E-state index in [1.54, 1.807) is 35.6 Å². The monoisotopic (exact) mass is 434 g/mol. The summed E-state index contributed by atoms with van der Waals surface area (Å²) >= 11 is 2.84. The van der Waals surface area contributed by atoms with Gasteiger partial charge in [0.25, 0.3) is 0 Å². The molecule has 8 heteroatoms. The molecule has 0 saturated carbocycles. The molecule has 0 unspecified atom stereocenters. The van der Waals surface area contributed by atoms with E-state index in [-0.39, 0.29) is 11.7 Å². The molecular weight excluding hydrogens is 416 g/mol. The fraction of sp³-hybridized carbons (Fsp3) is 0.0909. The third-order valence-corrected chi connectivity index (χ3v) is 6.31. The lowest BCUT2D eigenvalue weighted by Crippen LogP contribution is -2.19. The van der Waals surface area contributed by atoms with Gasteiger partial charge in [0.15, 0.2) is 11.6 Å². The van der Waals surface area contributed by atoms with Crippen LogP contribution in [0.5, 0.6) is 0 Å². The summed E-state index contributed by atoms with van der Waals surface area (Å²) in [6, 6.07) is 20.3. The zero-order valence-electron chi connectivity index (χ0n) is 16.0. The molecule has 0 aliphatic rings. The molecule has 4 rings (SSSR count). The highest BCUT2D eigenvalue weighted by molar-refractivity contribution is 8.00. The number of carbonyl (C=O) groups is 2. The number of ketones is 1. The van der Waals surface area contributed by atoms with Gasteiger partial charge in [-0.25, -0.2) is 4.98 Å². The van der Waals surface area contributed by atoms with Crippen molar-refractivity contribution in [2.45, 2.75) is 17.3 Å². The van der Waals surface area contributed by atoms with E-state index in [1.165, 1.54) is 18.7 Å². The molecule has 0 bridgehead atoms. The van der Waals surface area contributed by atoms with Gasteiger partial charge in [-0.3, -0.25) is 14.7 Å². The van der Waals surface area contributed by atoms with E-state index in [2.05, 4.69) is 20.5 Å². The maximum Gasteiger partial charge on any atom is 0.242 e. The van der Waals surface area contributed by atoms with Gasteiger partial charge in [0.2, 0.25) is 11.1 Å². The minimum absolute atomic E-state index is 0.0538. The standard InChI is InChI=1S/C22H18N4O2S2/c1-14(27)16-9-5-10-17(13-16)23-21(28)19(15-7-3-2-4-8-15)30-22-24-20(25-26-22)18-11-6-12-29-18/h2-13,19H,1H3,(H,23,28)(H,24,25,26)/t19-/m0/s1. The fourth-order valence-electron chi connectivity index (χ4n) is 2.85. The number of hydrogen-bond acceptors (Lipinski definition) is 6. The maximum atomic E-state index is 13.2. The second-order valence-corrected chi connectivity index (χ2v) is 8.50. The number of amides is 1. The first-order chi connectivity index (χ1) is 14.6. The topological polar surface area (TPSA) is 87.7 Å². The maximum absolute atomic E-state index is 13.2. The first-order valence-electron chi connectivity index (χ1n) is 9.20. The molecule has 2 aromatic heterocycles. The van der Waals surface area contributed by atoms with Crippen molar-refractivity contribution in [1.29, 1.82) is 0 Å². The minimum atomic E-state index is -0.556. The van der Waals surface area contributed by atoms with Gasteiger partial charge in [-0.15, -0.1) is 16.4 Å². The first kappa shape index (κ1) is 20.1. The molecule has 150 valence electrons. The summed E-state index contributed by atoms with van der Waals surface area (Å²) < 4.78 is 0. The van der Waals surface area contributed by atoms with E-state index in [0.717, 1.165) is 10.4 Å². The Morgan fingerprint density at radius 2 is 1.90 bits per heavy atom. The van der Waals surface area contributed by atoms with E-state index < -0.39 is 5.25 Å². The Balaban J connectivity index is 1.58. The fourth-order valence-corrected chi connectivity index (χ4v) is 4.43. The molecule has 6 nitrogen and oxygen atoms in total. The predicted octanol–water partition coefficient (Wildman–Crippen LogP) is 5.21. The molecule has 1 amide bonds. The molecule has 4 aromatic rings. The lowest BCUT2D eigenvalue weighted by Gasteiger charge is -2.15. The number of carbonyl (C=O) groups excluding carboxylic acids is 2. The SMILES string of the molecule is CC(=O)c1cccc(NC(=O)[C@@H](Sc2n[nH]c(-c3cccs3)n2)c2ccccc2)c1. The molecular formula is C22H18N4O2S2. The molecule has 0 fully saturated rings. The first-order valence-corrected chi connectivity index (χ1v) is 11.0. The Morgan fingerprint density at radius 3 is 2.63 bits per heavy atom. The van der Waals surface area contributed by atoms with Crippen LogP contribution in [0.2, 0.25) is 0 Å². The van der Waals surface area contributed by atoms with Crippen molar-refractivity contribution in [2.24, 2.45) is 0 Å². The normalized spacial score (nSPS) is 11.8. The van der Waals surface area contributed by atoms with Crippen molar-refractivity contribution in [2.75, 3.05) is 5.32 Å². The highest BCUT2D eigenvalue weighted by Gasteiger charge is 2.24. The summed E-state index contributed by atoms with van der Waals surface area (Å²) in [5, 5.41) is 12.0. The molecule has 30 heavy (non-hydrogen) atoms. The lowest BCUT2D eigenvalue weighted by atomic mass is 10.1. The zero-order valence-corrected chi connectivity index (χ0v) is 17.7. The minimum Gasteiger partial charge on any atom is -0.325 e. The third kappa shape index (κ3) is 4.67. The Bertz CT molecular complexity index is 1160. The van der Waals surface area contributed by atoms with Gasteiger partial charge in [0.1, 0.15) is 5.25 Å². The summed E-state index contributed by atoms with van der Waals surface area (Å²) in [5.74, 6) is 0.408. The number of thioether (sulfide) groups is 1. The summed E-state index contributed by atoms with van der Waals surface area (Å²) in [6.07, 6.45) is 0. The largest absolute Gasteiger partial charge is 0.325 e. The van der Waals surface area contributed by atoms with Gasteiger partial charge < -0.3 is 5.32 Å². The number of aromatic nitrogens is 3. The molecule has 0 radical (unpaired) electrons. The Hall–Kier alpha value is -3.23. The number of nitrogens with zero attached hydrogens (tertiary/aromatic N) is 2. The smallest absolute Gasteiger partial charge is 0.242 e. The van der Waals surface area contributed by atoms with Crippen molar-refractivity contribution in [3.8, 4) is 10.7 Å². The lowest BCUT2D eigenvalue weighted by molar-refractivity contribution is -0.115. The number of aromatic amines is 1. The Kier molecular flexibility index (Phi) is 6.06. The highest BCUT2D eigenvalue weighted by Crippen LogP contribution is 2.35. The van der Waals surface area contributed by atoms with Crippen LogP contribution in [0.3, 0.4) is 0 Å². The van der Waals surface area contributed by atoms with Crippen LogP contribution < -0.4 is 5.32 Å². The zero-order chi connectivity index (χ0) is 20.9. The molecule has 2 aromatic carbocycles.